The number of carbonyl (C=O) groups excluding carboxylic acids is 1. The maximum Gasteiger partial charge on any atom is 0.230 e. The van der Waals surface area contributed by atoms with Gasteiger partial charge in [-0.25, -0.2) is 0 Å². The van der Waals surface area contributed by atoms with Gasteiger partial charge in [0.1, 0.15) is 0 Å². The van der Waals surface area contributed by atoms with Gasteiger partial charge >= 0.3 is 0 Å². The highest BCUT2D eigenvalue weighted by molar-refractivity contribution is 5.84. The maximum atomic E-state index is 11.6. The minimum Gasteiger partial charge on any atom is -0.311 e. The number of rotatable bonds is 0. The van der Waals surface area contributed by atoms with Crippen LogP contribution in [0.5, 0.6) is 0 Å². The van der Waals surface area contributed by atoms with Gasteiger partial charge in [0.05, 0.1) is 0 Å². The molecule has 0 saturated carbocycles. The van der Waals surface area contributed by atoms with Crippen molar-refractivity contribution >= 4 is 5.91 Å². The molecule has 1 rings (SSSR count). The molecule has 0 N–H and O–H groups in total. The largest absolute Gasteiger partial charge is 0.311 e. The Morgan fingerprint density at radius 1 is 1.50 bits per heavy atom. The predicted octanol–water partition coefficient (Wildman–Crippen LogP) is 2.17. The van der Waals surface area contributed by atoms with Crippen LogP contribution in [-0.4, -0.2) is 16.3 Å². The van der Waals surface area contributed by atoms with Crippen LogP contribution in [0.15, 0.2) is 12.3 Å². The molecule has 0 aliphatic carbocycles. The lowest BCUT2D eigenvalue weighted by Crippen LogP contribution is -2.41. The molecule has 1 aliphatic heterocycles. The number of allylic oxidation sites excluding steroid dienone is 1. The van der Waals surface area contributed by atoms with Crippen LogP contribution in [0.1, 0.15) is 34.1 Å². The fourth-order valence-electron chi connectivity index (χ4n) is 1.71. The standard InChI is InChI=1S/C10H17NO/c1-7-6-8(2)11(9(7)12)10(3,4)5/h7H,2,6H2,1,3-5H3. The van der Waals surface area contributed by atoms with E-state index in [0.29, 0.717) is 0 Å². The molecule has 1 heterocycles. The highest BCUT2D eigenvalue weighted by atomic mass is 16.2. The van der Waals surface area contributed by atoms with Crippen molar-refractivity contribution in [2.45, 2.75) is 39.7 Å². The second-order valence-electron chi connectivity index (χ2n) is 4.52. The number of carbonyl (C=O) groups is 1. The fraction of sp³-hybridized carbons (Fsp3) is 0.700. The van der Waals surface area contributed by atoms with E-state index in [2.05, 4.69) is 6.58 Å². The van der Waals surface area contributed by atoms with Crippen molar-refractivity contribution in [1.29, 1.82) is 0 Å². The summed E-state index contributed by atoms with van der Waals surface area (Å²) in [6.07, 6.45) is 0.816. The van der Waals surface area contributed by atoms with Crippen LogP contribution in [-0.2, 0) is 4.79 Å². The summed E-state index contributed by atoms with van der Waals surface area (Å²) in [4.78, 5) is 13.4. The monoisotopic (exact) mass is 167 g/mol. The Bertz CT molecular complexity index is 224. The molecule has 0 spiro atoms. The Labute approximate surface area is 74.2 Å². The van der Waals surface area contributed by atoms with E-state index >= 15 is 0 Å². The lowest BCUT2D eigenvalue weighted by Gasteiger charge is -2.32. The Morgan fingerprint density at radius 3 is 2.17 bits per heavy atom. The van der Waals surface area contributed by atoms with Gasteiger partial charge in [-0.15, -0.1) is 0 Å². The number of nitrogens with zero attached hydrogens (tertiary/aromatic N) is 1. The van der Waals surface area contributed by atoms with Gasteiger partial charge in [0.2, 0.25) is 5.91 Å². The SMILES string of the molecule is C=C1CC(C)C(=O)N1C(C)(C)C. The molecular weight excluding hydrogens is 150 g/mol. The number of hydrogen-bond donors (Lipinski definition) is 0. The van der Waals surface area contributed by atoms with Crippen LogP contribution in [0, 0.1) is 5.92 Å². The Balaban J connectivity index is 2.92. The average molecular weight is 167 g/mol. The Morgan fingerprint density at radius 2 is 2.00 bits per heavy atom. The van der Waals surface area contributed by atoms with Gasteiger partial charge in [-0.3, -0.25) is 4.79 Å². The summed E-state index contributed by atoms with van der Waals surface area (Å²) in [6.45, 7) is 12.0. The van der Waals surface area contributed by atoms with Gasteiger partial charge < -0.3 is 4.90 Å². The van der Waals surface area contributed by atoms with E-state index in [1.807, 2.05) is 32.6 Å². The summed E-state index contributed by atoms with van der Waals surface area (Å²) in [5.74, 6) is 0.337. The van der Waals surface area contributed by atoms with E-state index in [4.69, 9.17) is 0 Å². The highest BCUT2D eigenvalue weighted by Gasteiger charge is 2.37. The van der Waals surface area contributed by atoms with E-state index in [1.165, 1.54) is 0 Å². The zero-order valence-electron chi connectivity index (χ0n) is 8.35. The Kier molecular flexibility index (Phi) is 2.02. The normalized spacial score (nSPS) is 25.3. The van der Waals surface area contributed by atoms with Gasteiger partial charge in [0.25, 0.3) is 0 Å². The molecule has 0 bridgehead atoms. The van der Waals surface area contributed by atoms with Crippen molar-refractivity contribution in [3.63, 3.8) is 0 Å². The van der Waals surface area contributed by atoms with Crippen molar-refractivity contribution in [3.05, 3.63) is 12.3 Å². The second-order valence-corrected chi connectivity index (χ2v) is 4.52. The lowest BCUT2D eigenvalue weighted by atomic mass is 10.1. The van der Waals surface area contributed by atoms with Crippen molar-refractivity contribution in [1.82, 2.24) is 4.90 Å². The smallest absolute Gasteiger partial charge is 0.230 e. The first-order valence-electron chi connectivity index (χ1n) is 4.36. The maximum absolute atomic E-state index is 11.6. The fourth-order valence-corrected chi connectivity index (χ4v) is 1.71. The molecule has 1 fully saturated rings. The Hall–Kier alpha value is -0.790. The number of amides is 1. The van der Waals surface area contributed by atoms with Crippen molar-refractivity contribution in [2.24, 2.45) is 5.92 Å². The van der Waals surface area contributed by atoms with Gasteiger partial charge in [0.15, 0.2) is 0 Å². The third-order valence-electron chi connectivity index (χ3n) is 2.17. The second kappa shape index (κ2) is 2.61. The molecule has 0 radical (unpaired) electrons. The van der Waals surface area contributed by atoms with Gasteiger partial charge in [-0.2, -0.15) is 0 Å². The quantitative estimate of drug-likeness (QED) is 0.541. The molecule has 0 aromatic carbocycles. The van der Waals surface area contributed by atoms with E-state index in [1.54, 1.807) is 0 Å². The van der Waals surface area contributed by atoms with Crippen LogP contribution in [0.3, 0.4) is 0 Å². The van der Waals surface area contributed by atoms with Crippen LogP contribution in [0.2, 0.25) is 0 Å². The zero-order valence-corrected chi connectivity index (χ0v) is 8.35. The first-order valence-corrected chi connectivity index (χ1v) is 4.36. The molecule has 68 valence electrons. The van der Waals surface area contributed by atoms with Crippen LogP contribution in [0.25, 0.3) is 0 Å². The number of likely N-dealkylation sites (tertiary alicyclic amines) is 1. The third-order valence-corrected chi connectivity index (χ3v) is 2.17. The minimum absolute atomic E-state index is 0.112. The van der Waals surface area contributed by atoms with E-state index < -0.39 is 0 Å². The van der Waals surface area contributed by atoms with Crippen LogP contribution < -0.4 is 0 Å². The van der Waals surface area contributed by atoms with Gasteiger partial charge in [-0.1, -0.05) is 13.5 Å². The summed E-state index contributed by atoms with van der Waals surface area (Å²) >= 11 is 0. The van der Waals surface area contributed by atoms with E-state index in [-0.39, 0.29) is 17.4 Å². The summed E-state index contributed by atoms with van der Waals surface area (Å²) in [7, 11) is 0. The number of hydrogen-bond acceptors (Lipinski definition) is 1. The molecule has 1 atom stereocenters. The average Bonchev–Trinajstić information content (AvgIpc) is 2.05. The molecule has 0 aromatic rings. The molecule has 1 aliphatic rings. The summed E-state index contributed by atoms with van der Waals surface area (Å²) in [6, 6.07) is 0. The first-order chi connectivity index (χ1) is 5.34. The first kappa shape index (κ1) is 9.30. The summed E-state index contributed by atoms with van der Waals surface area (Å²) in [5, 5.41) is 0. The summed E-state index contributed by atoms with van der Waals surface area (Å²) < 4.78 is 0. The van der Waals surface area contributed by atoms with Crippen LogP contribution >= 0.6 is 0 Å². The van der Waals surface area contributed by atoms with E-state index in [0.717, 1.165) is 12.1 Å². The van der Waals surface area contributed by atoms with Gasteiger partial charge in [-0.05, 0) is 27.2 Å². The molecule has 0 aromatic heterocycles. The van der Waals surface area contributed by atoms with Gasteiger partial charge in [0, 0.05) is 17.2 Å². The van der Waals surface area contributed by atoms with Crippen molar-refractivity contribution in [3.8, 4) is 0 Å². The predicted molar refractivity (Wildman–Crippen MR) is 49.5 cm³/mol. The topological polar surface area (TPSA) is 20.3 Å². The van der Waals surface area contributed by atoms with Crippen LogP contribution in [0.4, 0.5) is 0 Å². The molecule has 1 amide bonds. The third kappa shape index (κ3) is 1.38. The highest BCUT2D eigenvalue weighted by Crippen LogP contribution is 2.32. The lowest BCUT2D eigenvalue weighted by molar-refractivity contribution is -0.133. The molecule has 2 heteroatoms. The van der Waals surface area contributed by atoms with Crippen molar-refractivity contribution < 1.29 is 4.79 Å². The van der Waals surface area contributed by atoms with E-state index in [9.17, 15) is 4.79 Å². The molecule has 2 nitrogen and oxygen atoms in total. The van der Waals surface area contributed by atoms with Crippen molar-refractivity contribution in [2.75, 3.05) is 0 Å². The molecule has 1 saturated heterocycles. The molecule has 12 heavy (non-hydrogen) atoms. The molecular formula is C10H17NO. The summed E-state index contributed by atoms with van der Waals surface area (Å²) in [5.41, 5.74) is 0.846. The zero-order chi connectivity index (χ0) is 9.52. The minimum atomic E-state index is -0.112. The molecule has 1 unspecified atom stereocenters.